The number of sulfone groups is 1. The van der Waals surface area contributed by atoms with Gasteiger partial charge in [0.1, 0.15) is 6.29 Å². The van der Waals surface area contributed by atoms with Gasteiger partial charge in [-0.05, 0) is 24.6 Å². The highest BCUT2D eigenvalue weighted by atomic mass is 32.2. The molecule has 2 rings (SSSR count). The summed E-state index contributed by atoms with van der Waals surface area (Å²) in [5.74, 6) is -0.175. The summed E-state index contributed by atoms with van der Waals surface area (Å²) in [6, 6.07) is 2.79. The Hall–Kier alpha value is -1.57. The minimum atomic E-state index is -4.61. The van der Waals surface area contributed by atoms with Crippen LogP contribution in [0.5, 0.6) is 0 Å². The van der Waals surface area contributed by atoms with Gasteiger partial charge in [0, 0.05) is 24.3 Å². The van der Waals surface area contributed by atoms with Crippen molar-refractivity contribution in [3.8, 4) is 0 Å². The third kappa shape index (κ3) is 3.37. The molecule has 1 aliphatic rings. The van der Waals surface area contributed by atoms with E-state index in [1.165, 1.54) is 24.1 Å². The highest BCUT2D eigenvalue weighted by Gasteiger charge is 2.37. The lowest BCUT2D eigenvalue weighted by Crippen LogP contribution is -2.34. The molecule has 1 fully saturated rings. The second-order valence-corrected chi connectivity index (χ2v) is 7.29. The maximum absolute atomic E-state index is 13.1. The van der Waals surface area contributed by atoms with Crippen molar-refractivity contribution < 1.29 is 26.4 Å². The number of benzene rings is 1. The molecule has 0 saturated carbocycles. The van der Waals surface area contributed by atoms with Gasteiger partial charge in [-0.1, -0.05) is 0 Å². The average Bonchev–Trinajstić information content (AvgIpc) is 2.76. The molecule has 0 radical (unpaired) electrons. The molecule has 1 saturated heterocycles. The van der Waals surface area contributed by atoms with E-state index < -0.39 is 27.6 Å². The van der Waals surface area contributed by atoms with E-state index in [0.717, 1.165) is 6.07 Å². The predicted molar refractivity (Wildman–Crippen MR) is 72.3 cm³/mol. The van der Waals surface area contributed by atoms with Crippen LogP contribution in [0.4, 0.5) is 18.9 Å². The fraction of sp³-hybridized carbons (Fsp3) is 0.462. The van der Waals surface area contributed by atoms with Gasteiger partial charge in [0.25, 0.3) is 0 Å². The molecule has 4 nitrogen and oxygen atoms in total. The van der Waals surface area contributed by atoms with E-state index in [4.69, 9.17) is 0 Å². The Balaban J connectivity index is 2.41. The van der Waals surface area contributed by atoms with Crippen molar-refractivity contribution in [1.29, 1.82) is 0 Å². The highest BCUT2D eigenvalue weighted by Crippen LogP contribution is 2.38. The molecule has 0 aromatic heterocycles. The van der Waals surface area contributed by atoms with Crippen LogP contribution in [0.2, 0.25) is 0 Å². The van der Waals surface area contributed by atoms with Crippen molar-refractivity contribution in [2.24, 2.45) is 0 Å². The van der Waals surface area contributed by atoms with Crippen molar-refractivity contribution in [1.82, 2.24) is 0 Å². The molecule has 1 unspecified atom stereocenters. The van der Waals surface area contributed by atoms with Crippen molar-refractivity contribution in [2.75, 3.05) is 23.5 Å². The second-order valence-electron chi connectivity index (χ2n) is 5.06. The maximum atomic E-state index is 13.1. The lowest BCUT2D eigenvalue weighted by atomic mass is 10.1. The van der Waals surface area contributed by atoms with E-state index in [1.807, 2.05) is 0 Å². The first kappa shape index (κ1) is 15.8. The van der Waals surface area contributed by atoms with Gasteiger partial charge in [-0.3, -0.25) is 4.79 Å². The Labute approximate surface area is 120 Å². The number of nitrogens with zero attached hydrogens (tertiary/aromatic N) is 1. The monoisotopic (exact) mass is 321 g/mol. The number of carbonyl (C=O) groups excluding carboxylic acids is 1. The van der Waals surface area contributed by atoms with E-state index in [1.54, 1.807) is 0 Å². The zero-order valence-corrected chi connectivity index (χ0v) is 12.0. The van der Waals surface area contributed by atoms with Gasteiger partial charge < -0.3 is 4.90 Å². The minimum absolute atomic E-state index is 0.0181. The molecular weight excluding hydrogens is 307 g/mol. The molecule has 0 spiro atoms. The molecule has 1 atom stereocenters. The normalized spacial score (nSPS) is 21.2. The lowest BCUT2D eigenvalue weighted by molar-refractivity contribution is -0.137. The third-order valence-electron chi connectivity index (χ3n) is 3.60. The number of hydrogen-bond donors (Lipinski definition) is 0. The van der Waals surface area contributed by atoms with Crippen LogP contribution in [0.25, 0.3) is 0 Å². The topological polar surface area (TPSA) is 54.5 Å². The summed E-state index contributed by atoms with van der Waals surface area (Å²) in [5, 5.41) is 0. The Morgan fingerprint density at radius 1 is 1.33 bits per heavy atom. The molecule has 21 heavy (non-hydrogen) atoms. The molecule has 1 heterocycles. The molecule has 1 aliphatic heterocycles. The van der Waals surface area contributed by atoms with Crippen molar-refractivity contribution >= 4 is 21.8 Å². The van der Waals surface area contributed by atoms with Gasteiger partial charge in [-0.15, -0.1) is 0 Å². The van der Waals surface area contributed by atoms with E-state index in [2.05, 4.69) is 0 Å². The third-order valence-corrected chi connectivity index (χ3v) is 5.35. The van der Waals surface area contributed by atoms with E-state index in [-0.39, 0.29) is 22.8 Å². The number of aldehydes is 1. The van der Waals surface area contributed by atoms with Crippen molar-refractivity contribution in [2.45, 2.75) is 18.6 Å². The number of halogens is 3. The number of alkyl halides is 3. The smallest absolute Gasteiger partial charge is 0.370 e. The maximum Gasteiger partial charge on any atom is 0.418 e. The Morgan fingerprint density at radius 2 is 2.00 bits per heavy atom. The molecule has 1 aromatic carbocycles. The van der Waals surface area contributed by atoms with Gasteiger partial charge in [0.05, 0.1) is 17.1 Å². The van der Waals surface area contributed by atoms with Crippen LogP contribution in [0.1, 0.15) is 22.3 Å². The van der Waals surface area contributed by atoms with E-state index >= 15 is 0 Å². The van der Waals surface area contributed by atoms with Gasteiger partial charge in [0.15, 0.2) is 9.84 Å². The van der Waals surface area contributed by atoms with Crippen LogP contribution in [-0.2, 0) is 16.0 Å². The first-order valence-corrected chi connectivity index (χ1v) is 8.06. The first-order chi connectivity index (χ1) is 9.64. The van der Waals surface area contributed by atoms with Crippen LogP contribution in [0, 0.1) is 0 Å². The molecule has 116 valence electrons. The summed E-state index contributed by atoms with van der Waals surface area (Å²) in [4.78, 5) is 12.0. The standard InChI is InChI=1S/C13H14F3NO3S/c1-17(10-4-5-21(19,20)8-10)12-3-2-9(7-18)6-11(12)13(14,15)16/h2-3,6-7,10H,4-5,8H2,1H3. The SMILES string of the molecule is CN(c1ccc(C=O)cc1C(F)(F)F)C1CCS(=O)(=O)C1. The van der Waals surface area contributed by atoms with Gasteiger partial charge in [0.2, 0.25) is 0 Å². The Morgan fingerprint density at radius 3 is 2.48 bits per heavy atom. The van der Waals surface area contributed by atoms with Crippen molar-refractivity contribution in [3.05, 3.63) is 29.3 Å². The van der Waals surface area contributed by atoms with Crippen molar-refractivity contribution in [3.63, 3.8) is 0 Å². The van der Waals surface area contributed by atoms with Gasteiger partial charge in [-0.25, -0.2) is 8.42 Å². The van der Waals surface area contributed by atoms with Crippen LogP contribution in [0.15, 0.2) is 18.2 Å². The summed E-state index contributed by atoms with van der Waals surface area (Å²) >= 11 is 0. The quantitative estimate of drug-likeness (QED) is 0.801. The zero-order valence-electron chi connectivity index (χ0n) is 11.2. The first-order valence-electron chi connectivity index (χ1n) is 6.24. The number of anilines is 1. The summed E-state index contributed by atoms with van der Waals surface area (Å²) < 4.78 is 62.2. The molecule has 0 N–H and O–H groups in total. The fourth-order valence-corrected chi connectivity index (χ4v) is 4.21. The van der Waals surface area contributed by atoms with E-state index in [9.17, 15) is 26.4 Å². The van der Waals surface area contributed by atoms with E-state index in [0.29, 0.717) is 12.7 Å². The fourth-order valence-electron chi connectivity index (χ4n) is 2.44. The Kier molecular flexibility index (Phi) is 4.01. The number of hydrogen-bond acceptors (Lipinski definition) is 4. The number of carbonyl (C=O) groups is 1. The minimum Gasteiger partial charge on any atom is -0.370 e. The molecular formula is C13H14F3NO3S. The molecule has 8 heteroatoms. The Bertz CT molecular complexity index is 655. The van der Waals surface area contributed by atoms with Crippen LogP contribution < -0.4 is 4.90 Å². The highest BCUT2D eigenvalue weighted by molar-refractivity contribution is 7.91. The summed E-state index contributed by atoms with van der Waals surface area (Å²) in [6.07, 6.45) is -3.97. The van der Waals surface area contributed by atoms with Crippen LogP contribution in [-0.4, -0.2) is 39.3 Å². The zero-order chi connectivity index (χ0) is 15.8. The van der Waals surface area contributed by atoms with Crippen LogP contribution >= 0.6 is 0 Å². The van der Waals surface area contributed by atoms with Gasteiger partial charge in [-0.2, -0.15) is 13.2 Å². The summed E-state index contributed by atoms with van der Waals surface area (Å²) in [6.45, 7) is 0. The summed E-state index contributed by atoms with van der Waals surface area (Å²) in [5.41, 5.74) is -1.12. The second kappa shape index (κ2) is 5.32. The predicted octanol–water partition coefficient (Wildman–Crippen LogP) is 2.14. The van der Waals surface area contributed by atoms with Crippen LogP contribution in [0.3, 0.4) is 0 Å². The molecule has 0 bridgehead atoms. The molecule has 1 aromatic rings. The summed E-state index contributed by atoms with van der Waals surface area (Å²) in [7, 11) is -1.75. The van der Waals surface area contributed by atoms with Gasteiger partial charge >= 0.3 is 6.18 Å². The molecule has 0 aliphatic carbocycles. The molecule has 0 amide bonds. The average molecular weight is 321 g/mol. The lowest BCUT2D eigenvalue weighted by Gasteiger charge is -2.28. The number of rotatable bonds is 3. The largest absolute Gasteiger partial charge is 0.418 e.